The molecule has 6 nitrogen and oxygen atoms in total. The van der Waals surface area contributed by atoms with E-state index in [1.54, 1.807) is 0 Å². The number of likely N-dealkylation sites (N-methyl/N-ethyl adjacent to an activating group) is 1. The lowest BCUT2D eigenvalue weighted by Gasteiger charge is -2.33. The normalized spacial score (nSPS) is 20.7. The maximum absolute atomic E-state index is 12.8. The lowest BCUT2D eigenvalue weighted by atomic mass is 10.0. The number of nitrogens with zero attached hydrogens (tertiary/aromatic N) is 3. The Bertz CT molecular complexity index is 716. The lowest BCUT2D eigenvalue weighted by molar-refractivity contribution is -0.129. The van der Waals surface area contributed by atoms with Crippen molar-refractivity contribution < 1.29 is 9.32 Å². The number of nitrogens with one attached hydrogen (secondary N) is 1. The summed E-state index contributed by atoms with van der Waals surface area (Å²) in [7, 11) is 2.10. The molecule has 1 saturated heterocycles. The largest absolute Gasteiger partial charge is 0.356 e. The molecule has 0 spiro atoms. The Labute approximate surface area is 141 Å². The number of carbonyl (C=O) groups is 1. The monoisotopic (exact) mass is 326 g/mol. The molecule has 2 aliphatic rings. The van der Waals surface area contributed by atoms with Gasteiger partial charge in [0.2, 0.25) is 5.91 Å². The SMILES string of the molecule is CN1CCN(NC(=O)C2(c3cc(-c4ccccc4)on3)CC2)CC1. The maximum Gasteiger partial charge on any atom is 0.246 e. The number of carbonyl (C=O) groups excluding carboxylic acids is 1. The van der Waals surface area contributed by atoms with E-state index in [2.05, 4.69) is 22.5 Å². The number of aromatic nitrogens is 1. The molecule has 1 amide bonds. The lowest BCUT2D eigenvalue weighted by Crippen LogP contribution is -2.54. The van der Waals surface area contributed by atoms with Crippen LogP contribution < -0.4 is 5.43 Å². The van der Waals surface area contributed by atoms with Gasteiger partial charge in [-0.25, -0.2) is 5.01 Å². The van der Waals surface area contributed by atoms with E-state index in [-0.39, 0.29) is 5.91 Å². The molecular weight excluding hydrogens is 304 g/mol. The first-order valence-corrected chi connectivity index (χ1v) is 8.45. The quantitative estimate of drug-likeness (QED) is 0.926. The van der Waals surface area contributed by atoms with Crippen molar-refractivity contribution in [2.24, 2.45) is 0 Å². The van der Waals surface area contributed by atoms with E-state index < -0.39 is 5.41 Å². The predicted octanol–water partition coefficient (Wildman–Crippen LogP) is 1.65. The minimum atomic E-state index is -0.514. The highest BCUT2D eigenvalue weighted by atomic mass is 16.5. The second-order valence-electron chi connectivity index (χ2n) is 6.76. The van der Waals surface area contributed by atoms with E-state index in [4.69, 9.17) is 4.52 Å². The molecule has 6 heteroatoms. The molecule has 0 bridgehead atoms. The van der Waals surface area contributed by atoms with Crippen molar-refractivity contribution >= 4 is 5.91 Å². The van der Waals surface area contributed by atoms with Crippen LogP contribution in [0.4, 0.5) is 0 Å². The van der Waals surface area contributed by atoms with Crippen molar-refractivity contribution in [3.8, 4) is 11.3 Å². The van der Waals surface area contributed by atoms with Gasteiger partial charge >= 0.3 is 0 Å². The molecule has 126 valence electrons. The van der Waals surface area contributed by atoms with Gasteiger partial charge < -0.3 is 9.42 Å². The highest BCUT2D eigenvalue weighted by molar-refractivity contribution is 5.90. The highest BCUT2D eigenvalue weighted by Gasteiger charge is 2.54. The number of hydrazine groups is 1. The summed E-state index contributed by atoms with van der Waals surface area (Å²) in [5.74, 6) is 0.754. The Morgan fingerprint density at radius 3 is 2.54 bits per heavy atom. The zero-order chi connectivity index (χ0) is 16.6. The second-order valence-corrected chi connectivity index (χ2v) is 6.76. The third-order valence-electron chi connectivity index (χ3n) is 5.01. The first-order valence-electron chi connectivity index (χ1n) is 8.45. The first-order chi connectivity index (χ1) is 11.7. The van der Waals surface area contributed by atoms with E-state index in [0.717, 1.165) is 50.3 Å². The van der Waals surface area contributed by atoms with Gasteiger partial charge in [-0.1, -0.05) is 35.5 Å². The molecule has 0 atom stereocenters. The minimum absolute atomic E-state index is 0.0416. The Kier molecular flexibility index (Phi) is 3.86. The molecule has 0 unspecified atom stereocenters. The van der Waals surface area contributed by atoms with Crippen LogP contribution in [0.15, 0.2) is 40.9 Å². The van der Waals surface area contributed by atoms with Crippen LogP contribution >= 0.6 is 0 Å². The molecule has 1 N–H and O–H groups in total. The molecule has 2 aromatic rings. The van der Waals surface area contributed by atoms with Crippen molar-refractivity contribution in [3.63, 3.8) is 0 Å². The van der Waals surface area contributed by atoms with Crippen molar-refractivity contribution in [2.75, 3.05) is 33.2 Å². The van der Waals surface area contributed by atoms with Crippen LogP contribution in [0.2, 0.25) is 0 Å². The average Bonchev–Trinajstić information content (AvgIpc) is 3.28. The van der Waals surface area contributed by atoms with Crippen molar-refractivity contribution in [1.82, 2.24) is 20.5 Å². The Morgan fingerprint density at radius 1 is 1.17 bits per heavy atom. The van der Waals surface area contributed by atoms with Crippen LogP contribution in [0.3, 0.4) is 0 Å². The number of rotatable bonds is 4. The molecule has 1 aromatic carbocycles. The first kappa shape index (κ1) is 15.4. The van der Waals surface area contributed by atoms with Gasteiger partial charge in [0.05, 0.1) is 11.1 Å². The average molecular weight is 326 g/mol. The van der Waals surface area contributed by atoms with Gasteiger partial charge in [-0.15, -0.1) is 0 Å². The van der Waals surface area contributed by atoms with Gasteiger partial charge in [0, 0.05) is 37.8 Å². The highest BCUT2D eigenvalue weighted by Crippen LogP contribution is 2.48. The van der Waals surface area contributed by atoms with Crippen LogP contribution in [0, 0.1) is 0 Å². The fourth-order valence-corrected chi connectivity index (χ4v) is 3.13. The van der Waals surface area contributed by atoms with Crippen molar-refractivity contribution in [3.05, 3.63) is 42.1 Å². The number of hydrogen-bond donors (Lipinski definition) is 1. The third kappa shape index (κ3) is 2.83. The summed E-state index contributed by atoms with van der Waals surface area (Å²) >= 11 is 0. The molecular formula is C18H22N4O2. The molecule has 0 radical (unpaired) electrons. The molecule has 2 fully saturated rings. The fourth-order valence-electron chi connectivity index (χ4n) is 3.13. The van der Waals surface area contributed by atoms with Crippen LogP contribution in [0.25, 0.3) is 11.3 Å². The topological polar surface area (TPSA) is 61.6 Å². The van der Waals surface area contributed by atoms with E-state index in [1.807, 2.05) is 41.4 Å². The van der Waals surface area contributed by atoms with Crippen molar-refractivity contribution in [2.45, 2.75) is 18.3 Å². The van der Waals surface area contributed by atoms with Gasteiger partial charge in [0.1, 0.15) is 0 Å². The molecule has 2 heterocycles. The standard InChI is InChI=1S/C18H22N4O2/c1-21-9-11-22(12-10-21)19-17(23)18(7-8-18)16-13-15(24-20-16)14-5-3-2-4-6-14/h2-6,13H,7-12H2,1H3,(H,19,23). The second kappa shape index (κ2) is 6.03. The summed E-state index contributed by atoms with van der Waals surface area (Å²) < 4.78 is 5.48. The summed E-state index contributed by atoms with van der Waals surface area (Å²) in [6.45, 7) is 3.64. The molecule has 1 aromatic heterocycles. The van der Waals surface area contributed by atoms with Gasteiger partial charge in [0.25, 0.3) is 0 Å². The summed E-state index contributed by atoms with van der Waals surface area (Å²) in [6.07, 6.45) is 1.65. The van der Waals surface area contributed by atoms with Crippen LogP contribution in [0.1, 0.15) is 18.5 Å². The number of piperazine rings is 1. The van der Waals surface area contributed by atoms with Crippen LogP contribution in [-0.2, 0) is 10.2 Å². The van der Waals surface area contributed by atoms with Gasteiger partial charge in [-0.05, 0) is 19.9 Å². The molecule has 4 rings (SSSR count). The number of hydrogen-bond acceptors (Lipinski definition) is 5. The number of amides is 1. The summed E-state index contributed by atoms with van der Waals surface area (Å²) in [6, 6.07) is 11.8. The van der Waals surface area contributed by atoms with E-state index in [1.165, 1.54) is 0 Å². The van der Waals surface area contributed by atoms with Gasteiger partial charge in [-0.3, -0.25) is 10.2 Å². The van der Waals surface area contributed by atoms with E-state index in [9.17, 15) is 4.79 Å². The molecule has 1 aliphatic carbocycles. The Hall–Kier alpha value is -2.18. The summed E-state index contributed by atoms with van der Waals surface area (Å²) in [4.78, 5) is 15.0. The third-order valence-corrected chi connectivity index (χ3v) is 5.01. The van der Waals surface area contributed by atoms with Gasteiger partial charge in [0.15, 0.2) is 5.76 Å². The van der Waals surface area contributed by atoms with E-state index in [0.29, 0.717) is 5.76 Å². The molecule has 24 heavy (non-hydrogen) atoms. The fraction of sp³-hybridized carbons (Fsp3) is 0.444. The number of benzene rings is 1. The minimum Gasteiger partial charge on any atom is -0.356 e. The Morgan fingerprint density at radius 2 is 1.88 bits per heavy atom. The van der Waals surface area contributed by atoms with Crippen LogP contribution in [0.5, 0.6) is 0 Å². The van der Waals surface area contributed by atoms with E-state index >= 15 is 0 Å². The zero-order valence-corrected chi connectivity index (χ0v) is 13.9. The maximum atomic E-state index is 12.8. The summed E-state index contributed by atoms with van der Waals surface area (Å²) in [5, 5.41) is 6.20. The van der Waals surface area contributed by atoms with Gasteiger partial charge in [-0.2, -0.15) is 0 Å². The Balaban J connectivity index is 1.47. The summed E-state index contributed by atoms with van der Waals surface area (Å²) in [5.41, 5.74) is 4.28. The van der Waals surface area contributed by atoms with Crippen molar-refractivity contribution in [1.29, 1.82) is 0 Å². The smallest absolute Gasteiger partial charge is 0.246 e. The molecule has 1 aliphatic heterocycles. The molecule has 1 saturated carbocycles. The van der Waals surface area contributed by atoms with Crippen LogP contribution in [-0.4, -0.2) is 54.2 Å². The predicted molar refractivity (Wildman–Crippen MR) is 90.1 cm³/mol. The zero-order valence-electron chi connectivity index (χ0n) is 13.9.